The third-order valence-electron chi connectivity index (χ3n) is 1.98. The monoisotopic (exact) mass is 202 g/mol. The molecule has 1 rings (SSSR count). The van der Waals surface area contributed by atoms with E-state index in [0.29, 0.717) is 13.2 Å². The molecule has 0 aromatic rings. The Morgan fingerprint density at radius 2 is 2.29 bits per heavy atom. The van der Waals surface area contributed by atoms with E-state index in [4.69, 9.17) is 9.84 Å². The summed E-state index contributed by atoms with van der Waals surface area (Å²) in [5, 5.41) is 13.5. The molecule has 3 N–H and O–H groups in total. The Morgan fingerprint density at radius 3 is 2.79 bits per heavy atom. The van der Waals surface area contributed by atoms with Crippen molar-refractivity contribution in [3.8, 4) is 0 Å². The Morgan fingerprint density at radius 1 is 1.57 bits per heavy atom. The van der Waals surface area contributed by atoms with Gasteiger partial charge in [-0.05, 0) is 13.3 Å². The average molecular weight is 202 g/mol. The fraction of sp³-hybridized carbons (Fsp3) is 0.750. The molecule has 6 nitrogen and oxygen atoms in total. The van der Waals surface area contributed by atoms with E-state index in [9.17, 15) is 9.59 Å². The van der Waals surface area contributed by atoms with Crippen LogP contribution in [0.3, 0.4) is 0 Å². The van der Waals surface area contributed by atoms with E-state index >= 15 is 0 Å². The van der Waals surface area contributed by atoms with Crippen LogP contribution in [-0.4, -0.2) is 42.4 Å². The van der Waals surface area contributed by atoms with Crippen LogP contribution in [0.1, 0.15) is 13.3 Å². The predicted molar refractivity (Wildman–Crippen MR) is 48.0 cm³/mol. The minimum Gasteiger partial charge on any atom is -0.480 e. The third-order valence-corrected chi connectivity index (χ3v) is 1.98. The fourth-order valence-corrected chi connectivity index (χ4v) is 1.13. The zero-order valence-corrected chi connectivity index (χ0v) is 7.95. The Bertz CT molecular complexity index is 225. The average Bonchev–Trinajstić information content (AvgIpc) is 2.56. The van der Waals surface area contributed by atoms with E-state index in [1.165, 1.54) is 6.92 Å². The van der Waals surface area contributed by atoms with E-state index < -0.39 is 18.0 Å². The third kappa shape index (κ3) is 3.21. The maximum absolute atomic E-state index is 11.2. The fourth-order valence-electron chi connectivity index (χ4n) is 1.13. The minimum atomic E-state index is -1.05. The Hall–Kier alpha value is -1.30. The molecule has 0 aliphatic carbocycles. The molecule has 80 valence electrons. The number of urea groups is 1. The first-order valence-corrected chi connectivity index (χ1v) is 4.47. The van der Waals surface area contributed by atoms with E-state index in [2.05, 4.69) is 10.6 Å². The van der Waals surface area contributed by atoms with Crippen LogP contribution in [0.4, 0.5) is 4.79 Å². The normalized spacial score (nSPS) is 22.8. The summed E-state index contributed by atoms with van der Waals surface area (Å²) >= 11 is 0. The Kier molecular flexibility index (Phi) is 3.70. The second kappa shape index (κ2) is 4.80. The van der Waals surface area contributed by atoms with E-state index in [1.807, 2.05) is 0 Å². The number of carboxylic acids is 1. The van der Waals surface area contributed by atoms with Gasteiger partial charge in [0.1, 0.15) is 6.04 Å². The van der Waals surface area contributed by atoms with Gasteiger partial charge in [0.05, 0.1) is 12.6 Å². The molecule has 2 unspecified atom stereocenters. The number of aliphatic carboxylic acids is 1. The number of carboxylic acid groups (broad SMARTS) is 1. The van der Waals surface area contributed by atoms with Crippen LogP contribution in [-0.2, 0) is 9.53 Å². The maximum Gasteiger partial charge on any atom is 0.325 e. The van der Waals surface area contributed by atoms with Crippen molar-refractivity contribution in [3.63, 3.8) is 0 Å². The molecular formula is C8H14N2O4. The number of nitrogens with one attached hydrogen (secondary N) is 2. The van der Waals surface area contributed by atoms with Gasteiger partial charge in [-0.15, -0.1) is 0 Å². The highest BCUT2D eigenvalue weighted by Gasteiger charge is 2.19. The molecule has 2 atom stereocenters. The minimum absolute atomic E-state index is 0.00371. The van der Waals surface area contributed by atoms with Crippen LogP contribution < -0.4 is 10.6 Å². The molecule has 14 heavy (non-hydrogen) atoms. The summed E-state index contributed by atoms with van der Waals surface area (Å²) in [5.41, 5.74) is 0. The molecule has 1 heterocycles. The number of hydrogen-bond donors (Lipinski definition) is 3. The SMILES string of the molecule is CC(NC(=O)NC1CCOC1)C(=O)O. The smallest absolute Gasteiger partial charge is 0.325 e. The number of carbonyl (C=O) groups excluding carboxylic acids is 1. The van der Waals surface area contributed by atoms with Crippen LogP contribution in [0.5, 0.6) is 0 Å². The van der Waals surface area contributed by atoms with Crippen LogP contribution in [0.15, 0.2) is 0 Å². The van der Waals surface area contributed by atoms with Crippen LogP contribution in [0.2, 0.25) is 0 Å². The van der Waals surface area contributed by atoms with E-state index in [0.717, 1.165) is 6.42 Å². The van der Waals surface area contributed by atoms with Gasteiger partial charge in [-0.2, -0.15) is 0 Å². The lowest BCUT2D eigenvalue weighted by molar-refractivity contribution is -0.138. The highest BCUT2D eigenvalue weighted by Crippen LogP contribution is 2.02. The summed E-state index contributed by atoms with van der Waals surface area (Å²) in [6.07, 6.45) is 0.773. The lowest BCUT2D eigenvalue weighted by Crippen LogP contribution is -2.48. The molecule has 0 radical (unpaired) electrons. The second-order valence-corrected chi connectivity index (χ2v) is 3.24. The zero-order chi connectivity index (χ0) is 10.6. The quantitative estimate of drug-likeness (QED) is 0.578. The van der Waals surface area contributed by atoms with Gasteiger partial charge >= 0.3 is 12.0 Å². The number of amides is 2. The van der Waals surface area contributed by atoms with Gasteiger partial charge in [-0.25, -0.2) is 4.79 Å². The molecule has 2 amide bonds. The summed E-state index contributed by atoms with van der Waals surface area (Å²) in [6.45, 7) is 2.54. The summed E-state index contributed by atoms with van der Waals surface area (Å²) in [5.74, 6) is -1.05. The lowest BCUT2D eigenvalue weighted by Gasteiger charge is -2.13. The van der Waals surface area contributed by atoms with Crippen molar-refractivity contribution in [2.45, 2.75) is 25.4 Å². The summed E-state index contributed by atoms with van der Waals surface area (Å²) in [4.78, 5) is 21.6. The molecule has 0 spiro atoms. The first kappa shape index (κ1) is 10.8. The highest BCUT2D eigenvalue weighted by molar-refractivity contribution is 5.82. The van der Waals surface area contributed by atoms with Gasteiger partial charge in [0, 0.05) is 6.61 Å². The van der Waals surface area contributed by atoms with Crippen LogP contribution >= 0.6 is 0 Å². The largest absolute Gasteiger partial charge is 0.480 e. The lowest BCUT2D eigenvalue weighted by atomic mass is 10.3. The zero-order valence-electron chi connectivity index (χ0n) is 7.95. The summed E-state index contributed by atoms with van der Waals surface area (Å²) in [7, 11) is 0. The molecule has 1 aliphatic rings. The van der Waals surface area contributed by atoms with Crippen LogP contribution in [0.25, 0.3) is 0 Å². The first-order valence-electron chi connectivity index (χ1n) is 4.47. The summed E-state index contributed by atoms with van der Waals surface area (Å²) in [6, 6.07) is -1.34. The van der Waals surface area contributed by atoms with Gasteiger partial charge in [-0.3, -0.25) is 4.79 Å². The molecule has 1 aliphatic heterocycles. The van der Waals surface area contributed by atoms with Crippen molar-refractivity contribution in [3.05, 3.63) is 0 Å². The van der Waals surface area contributed by atoms with Gasteiger partial charge in [0.15, 0.2) is 0 Å². The topological polar surface area (TPSA) is 87.7 Å². The van der Waals surface area contributed by atoms with E-state index in [1.54, 1.807) is 0 Å². The van der Waals surface area contributed by atoms with Gasteiger partial charge in [-0.1, -0.05) is 0 Å². The second-order valence-electron chi connectivity index (χ2n) is 3.24. The molecule has 0 saturated carbocycles. The van der Waals surface area contributed by atoms with Crippen molar-refractivity contribution < 1.29 is 19.4 Å². The maximum atomic E-state index is 11.2. The van der Waals surface area contributed by atoms with Gasteiger partial charge in [0.25, 0.3) is 0 Å². The number of rotatable bonds is 3. The van der Waals surface area contributed by atoms with Crippen molar-refractivity contribution in [2.24, 2.45) is 0 Å². The molecule has 0 bridgehead atoms. The summed E-state index contributed by atoms with van der Waals surface area (Å²) < 4.78 is 5.05. The number of hydrogen-bond acceptors (Lipinski definition) is 3. The molecule has 6 heteroatoms. The van der Waals surface area contributed by atoms with E-state index in [-0.39, 0.29) is 6.04 Å². The first-order chi connectivity index (χ1) is 6.59. The molecule has 0 aromatic carbocycles. The van der Waals surface area contributed by atoms with Gasteiger partial charge < -0.3 is 20.5 Å². The Balaban J connectivity index is 2.24. The van der Waals surface area contributed by atoms with Crippen LogP contribution in [0, 0.1) is 0 Å². The van der Waals surface area contributed by atoms with Gasteiger partial charge in [0.2, 0.25) is 0 Å². The number of ether oxygens (including phenoxy) is 1. The Labute approximate surface area is 81.6 Å². The van der Waals surface area contributed by atoms with Crippen molar-refractivity contribution in [1.82, 2.24) is 10.6 Å². The predicted octanol–water partition coefficient (Wildman–Crippen LogP) is -0.452. The number of carbonyl (C=O) groups is 2. The van der Waals surface area contributed by atoms with Crippen molar-refractivity contribution in [2.75, 3.05) is 13.2 Å². The van der Waals surface area contributed by atoms with Crippen molar-refractivity contribution in [1.29, 1.82) is 0 Å². The molecule has 1 fully saturated rings. The molecule has 0 aromatic heterocycles. The highest BCUT2D eigenvalue weighted by atomic mass is 16.5. The van der Waals surface area contributed by atoms with Crippen molar-refractivity contribution >= 4 is 12.0 Å². The standard InChI is InChI=1S/C8H14N2O4/c1-5(7(11)12)9-8(13)10-6-2-3-14-4-6/h5-6H,2-4H2,1H3,(H,11,12)(H2,9,10,13). The molecule has 1 saturated heterocycles. The molecular weight excluding hydrogens is 188 g/mol.